The van der Waals surface area contributed by atoms with Gasteiger partial charge in [0.2, 0.25) is 6.79 Å². The molecule has 1 N–H and O–H groups in total. The average molecular weight is 229 g/mol. The second-order valence-corrected chi connectivity index (χ2v) is 3.59. The first-order chi connectivity index (χ1) is 8.42. The van der Waals surface area contributed by atoms with Crippen molar-refractivity contribution in [1.29, 1.82) is 0 Å². The smallest absolute Gasteiger partial charge is 0.231 e. The number of aromatic nitrogens is 2. The third-order valence-corrected chi connectivity index (χ3v) is 2.44. The second kappa shape index (κ2) is 4.29. The summed E-state index contributed by atoms with van der Waals surface area (Å²) in [4.78, 5) is 8.27. The number of hydrogen-bond acceptors (Lipinski definition) is 5. The Bertz CT molecular complexity index is 516. The highest BCUT2D eigenvalue weighted by atomic mass is 16.7. The van der Waals surface area contributed by atoms with Gasteiger partial charge in [-0.3, -0.25) is 0 Å². The molecule has 0 spiro atoms. The van der Waals surface area contributed by atoms with E-state index < -0.39 is 0 Å². The van der Waals surface area contributed by atoms with Crippen molar-refractivity contribution in [2.45, 2.75) is 6.54 Å². The van der Waals surface area contributed by atoms with E-state index in [9.17, 15) is 0 Å². The molecule has 0 atom stereocenters. The third kappa shape index (κ3) is 2.13. The van der Waals surface area contributed by atoms with Gasteiger partial charge in [-0.2, -0.15) is 0 Å². The fourth-order valence-corrected chi connectivity index (χ4v) is 1.61. The topological polar surface area (TPSA) is 56.3 Å². The SMILES string of the molecule is c1cnc(CNc2ccc3c(c2)OCO3)nc1. The molecule has 0 fully saturated rings. The van der Waals surface area contributed by atoms with E-state index in [2.05, 4.69) is 15.3 Å². The third-order valence-electron chi connectivity index (χ3n) is 2.44. The zero-order chi connectivity index (χ0) is 11.5. The molecule has 2 aromatic rings. The van der Waals surface area contributed by atoms with Crippen LogP contribution in [-0.2, 0) is 6.54 Å². The van der Waals surface area contributed by atoms with E-state index in [1.807, 2.05) is 18.2 Å². The molecule has 1 aliphatic heterocycles. The van der Waals surface area contributed by atoms with Gasteiger partial charge in [0.25, 0.3) is 0 Å². The fourth-order valence-electron chi connectivity index (χ4n) is 1.61. The number of fused-ring (bicyclic) bond motifs is 1. The molecule has 1 aliphatic rings. The van der Waals surface area contributed by atoms with Crippen molar-refractivity contribution in [1.82, 2.24) is 9.97 Å². The molecule has 5 heteroatoms. The zero-order valence-corrected chi connectivity index (χ0v) is 9.09. The Hall–Kier alpha value is -2.30. The summed E-state index contributed by atoms with van der Waals surface area (Å²) in [5, 5.41) is 3.23. The van der Waals surface area contributed by atoms with Crippen molar-refractivity contribution in [3.8, 4) is 11.5 Å². The number of nitrogens with zero attached hydrogens (tertiary/aromatic N) is 2. The van der Waals surface area contributed by atoms with E-state index in [0.29, 0.717) is 13.3 Å². The lowest BCUT2D eigenvalue weighted by Crippen LogP contribution is -2.03. The van der Waals surface area contributed by atoms with Gasteiger partial charge in [-0.25, -0.2) is 9.97 Å². The molecule has 17 heavy (non-hydrogen) atoms. The highest BCUT2D eigenvalue weighted by Gasteiger charge is 2.12. The van der Waals surface area contributed by atoms with Crippen LogP contribution >= 0.6 is 0 Å². The van der Waals surface area contributed by atoms with Crippen molar-refractivity contribution in [3.05, 3.63) is 42.5 Å². The first-order valence-electron chi connectivity index (χ1n) is 5.31. The number of ether oxygens (including phenoxy) is 2. The zero-order valence-electron chi connectivity index (χ0n) is 9.09. The van der Waals surface area contributed by atoms with Gasteiger partial charge in [-0.05, 0) is 18.2 Å². The van der Waals surface area contributed by atoms with Crippen LogP contribution in [0.2, 0.25) is 0 Å². The molecule has 1 aromatic carbocycles. The predicted octanol–water partition coefficient (Wildman–Crippen LogP) is 1.82. The minimum absolute atomic E-state index is 0.292. The van der Waals surface area contributed by atoms with Gasteiger partial charge < -0.3 is 14.8 Å². The molecule has 0 radical (unpaired) electrons. The van der Waals surface area contributed by atoms with E-state index in [-0.39, 0.29) is 0 Å². The lowest BCUT2D eigenvalue weighted by Gasteiger charge is -2.05. The van der Waals surface area contributed by atoms with E-state index >= 15 is 0 Å². The molecule has 0 unspecified atom stereocenters. The largest absolute Gasteiger partial charge is 0.454 e. The summed E-state index contributed by atoms with van der Waals surface area (Å²) in [5.41, 5.74) is 0.960. The van der Waals surface area contributed by atoms with Crippen molar-refractivity contribution in [2.75, 3.05) is 12.1 Å². The molecule has 5 nitrogen and oxygen atoms in total. The molecule has 1 aromatic heterocycles. The Morgan fingerprint density at radius 2 is 1.94 bits per heavy atom. The van der Waals surface area contributed by atoms with Gasteiger partial charge >= 0.3 is 0 Å². The van der Waals surface area contributed by atoms with Crippen molar-refractivity contribution >= 4 is 5.69 Å². The maximum Gasteiger partial charge on any atom is 0.231 e. The van der Waals surface area contributed by atoms with E-state index in [4.69, 9.17) is 9.47 Å². The Kier molecular flexibility index (Phi) is 2.50. The van der Waals surface area contributed by atoms with Crippen molar-refractivity contribution < 1.29 is 9.47 Å². The normalized spacial score (nSPS) is 12.5. The predicted molar refractivity (Wildman–Crippen MR) is 61.9 cm³/mol. The molecule has 0 amide bonds. The molecular formula is C12H11N3O2. The maximum atomic E-state index is 5.30. The summed E-state index contributed by atoms with van der Waals surface area (Å²) in [6.45, 7) is 0.876. The van der Waals surface area contributed by atoms with E-state index in [1.54, 1.807) is 18.5 Å². The Morgan fingerprint density at radius 3 is 2.82 bits per heavy atom. The summed E-state index contributed by atoms with van der Waals surface area (Å²) in [6.07, 6.45) is 3.45. The van der Waals surface area contributed by atoms with Gasteiger partial charge in [-0.1, -0.05) is 0 Å². The van der Waals surface area contributed by atoms with Crippen LogP contribution in [0.5, 0.6) is 11.5 Å². The fraction of sp³-hybridized carbons (Fsp3) is 0.167. The van der Waals surface area contributed by atoms with Gasteiger partial charge in [-0.15, -0.1) is 0 Å². The summed E-state index contributed by atoms with van der Waals surface area (Å²) in [5.74, 6) is 2.31. The molecule has 0 saturated carbocycles. The van der Waals surface area contributed by atoms with E-state index in [1.165, 1.54) is 0 Å². The minimum atomic E-state index is 0.292. The number of anilines is 1. The summed E-state index contributed by atoms with van der Waals surface area (Å²) in [7, 11) is 0. The monoisotopic (exact) mass is 229 g/mol. The van der Waals surface area contributed by atoms with Crippen LogP contribution in [0.3, 0.4) is 0 Å². The first kappa shape index (κ1) is 9.89. The van der Waals surface area contributed by atoms with Crippen LogP contribution in [0.15, 0.2) is 36.7 Å². The van der Waals surface area contributed by atoms with Crippen LogP contribution in [0.25, 0.3) is 0 Å². The van der Waals surface area contributed by atoms with Crippen LogP contribution in [-0.4, -0.2) is 16.8 Å². The standard InChI is InChI=1S/C12H11N3O2/c1-4-13-12(14-5-1)7-15-9-2-3-10-11(6-9)17-8-16-10/h1-6,15H,7-8H2. The number of hydrogen-bond donors (Lipinski definition) is 1. The van der Waals surface area contributed by atoms with Crippen LogP contribution < -0.4 is 14.8 Å². The van der Waals surface area contributed by atoms with Crippen LogP contribution in [0.1, 0.15) is 5.82 Å². The van der Waals surface area contributed by atoms with Gasteiger partial charge in [0, 0.05) is 24.1 Å². The molecular weight excluding hydrogens is 218 g/mol. The Balaban J connectivity index is 1.70. The van der Waals surface area contributed by atoms with Crippen molar-refractivity contribution in [2.24, 2.45) is 0 Å². The highest BCUT2D eigenvalue weighted by Crippen LogP contribution is 2.34. The number of benzene rings is 1. The van der Waals surface area contributed by atoms with Crippen molar-refractivity contribution in [3.63, 3.8) is 0 Å². The molecule has 2 heterocycles. The maximum absolute atomic E-state index is 5.30. The van der Waals surface area contributed by atoms with Gasteiger partial charge in [0.1, 0.15) is 5.82 Å². The molecule has 0 bridgehead atoms. The molecule has 0 saturated heterocycles. The summed E-state index contributed by atoms with van der Waals surface area (Å²) >= 11 is 0. The Labute approximate surface area is 98.4 Å². The Morgan fingerprint density at radius 1 is 1.12 bits per heavy atom. The average Bonchev–Trinajstić information content (AvgIpc) is 2.85. The molecule has 0 aliphatic carbocycles. The number of nitrogens with one attached hydrogen (secondary N) is 1. The molecule has 3 rings (SSSR count). The highest BCUT2D eigenvalue weighted by molar-refractivity contribution is 5.55. The van der Waals surface area contributed by atoms with Gasteiger partial charge in [0.15, 0.2) is 11.5 Å². The first-order valence-corrected chi connectivity index (χ1v) is 5.31. The van der Waals surface area contributed by atoms with Crippen LogP contribution in [0, 0.1) is 0 Å². The minimum Gasteiger partial charge on any atom is -0.454 e. The van der Waals surface area contributed by atoms with E-state index in [0.717, 1.165) is 23.0 Å². The number of rotatable bonds is 3. The lowest BCUT2D eigenvalue weighted by molar-refractivity contribution is 0.174. The summed E-state index contributed by atoms with van der Waals surface area (Å²) < 4.78 is 10.5. The quantitative estimate of drug-likeness (QED) is 0.870. The molecule has 86 valence electrons. The van der Waals surface area contributed by atoms with Gasteiger partial charge in [0.05, 0.1) is 6.54 Å². The van der Waals surface area contributed by atoms with Crippen LogP contribution in [0.4, 0.5) is 5.69 Å². The lowest BCUT2D eigenvalue weighted by atomic mass is 10.3. The second-order valence-electron chi connectivity index (χ2n) is 3.59. The summed E-state index contributed by atoms with van der Waals surface area (Å²) in [6, 6.07) is 7.53.